The van der Waals surface area contributed by atoms with Gasteiger partial charge in [0.05, 0.1) is 15.5 Å². The van der Waals surface area contributed by atoms with Crippen LogP contribution in [-0.2, 0) is 40.2 Å². The quantitative estimate of drug-likeness (QED) is 0.0473. The lowest BCUT2D eigenvalue weighted by Crippen LogP contribution is -2.28. The zero-order valence-electron chi connectivity index (χ0n) is 26.6. The normalized spacial score (nSPS) is 13.1. The minimum atomic E-state index is -5.19. The summed E-state index contributed by atoms with van der Waals surface area (Å²) in [6.07, 6.45) is -1.69. The number of azo groups is 1. The predicted octanol–water partition coefficient (Wildman–Crippen LogP) is 3.88. The molecular weight excluding hydrogens is 818 g/mol. The van der Waals surface area contributed by atoms with Crippen LogP contribution in [0.3, 0.4) is 0 Å². The Bertz CT molecular complexity index is 2810. The van der Waals surface area contributed by atoms with Gasteiger partial charge < -0.3 is 21.1 Å². The highest BCUT2D eigenvalue weighted by Crippen LogP contribution is 2.37. The molecule has 1 atom stereocenters. The second kappa shape index (κ2) is 14.9. The fraction of sp³-hybridized carbons (Fsp3) is 0.0357. The molecule has 26 heteroatoms. The SMILES string of the molecule is C=CS(=O)(=O)c1ccc(Nc2nc(Cl)nc(Nc3ccc(N=Nc4cc5c(S(=O)(=O)O)cc(S(=O)(=O)O)cc5cc4S(=O)(=O)O)c(NC(N)O)c3)n2)cc1. The maximum Gasteiger partial charge on any atom is 0.296 e. The van der Waals surface area contributed by atoms with Crippen molar-refractivity contribution in [2.45, 2.75) is 25.9 Å². The molecule has 0 amide bonds. The van der Waals surface area contributed by atoms with E-state index in [9.17, 15) is 52.4 Å². The third-order valence-corrected chi connectivity index (χ3v) is 11.1. The van der Waals surface area contributed by atoms with Gasteiger partial charge in [0.25, 0.3) is 30.4 Å². The summed E-state index contributed by atoms with van der Waals surface area (Å²) in [5.74, 6) is -0.146. The van der Waals surface area contributed by atoms with Crippen molar-refractivity contribution in [1.82, 2.24) is 15.0 Å². The number of nitrogens with one attached hydrogen (secondary N) is 3. The summed E-state index contributed by atoms with van der Waals surface area (Å²) in [4.78, 5) is 9.16. The van der Waals surface area contributed by atoms with Gasteiger partial charge in [0.1, 0.15) is 21.2 Å². The van der Waals surface area contributed by atoms with Crippen LogP contribution >= 0.6 is 11.6 Å². The number of aliphatic hydroxyl groups excluding tert-OH is 1. The van der Waals surface area contributed by atoms with Gasteiger partial charge in [-0.1, -0.05) is 6.58 Å². The van der Waals surface area contributed by atoms with Crippen molar-refractivity contribution < 1.29 is 52.4 Å². The van der Waals surface area contributed by atoms with E-state index in [1.54, 1.807) is 0 Å². The summed E-state index contributed by atoms with van der Waals surface area (Å²) < 4.78 is 126. The summed E-state index contributed by atoms with van der Waals surface area (Å²) in [6.45, 7) is 3.28. The summed E-state index contributed by atoms with van der Waals surface area (Å²) in [6, 6.07) is 12.1. The van der Waals surface area contributed by atoms with Crippen LogP contribution in [0.5, 0.6) is 0 Å². The minimum absolute atomic E-state index is 0.00775. The van der Waals surface area contributed by atoms with Gasteiger partial charge in [0, 0.05) is 22.2 Å². The fourth-order valence-corrected chi connectivity index (χ4v) is 7.45. The average molecular weight is 842 g/mol. The Morgan fingerprint density at radius 2 is 1.28 bits per heavy atom. The van der Waals surface area contributed by atoms with E-state index < -0.39 is 77.7 Å². The zero-order valence-corrected chi connectivity index (χ0v) is 30.6. The Morgan fingerprint density at radius 1 is 0.704 bits per heavy atom. The van der Waals surface area contributed by atoms with Crippen LogP contribution in [-0.4, -0.2) is 73.7 Å². The first-order valence-electron chi connectivity index (χ1n) is 14.3. The molecule has 0 saturated carbocycles. The van der Waals surface area contributed by atoms with E-state index in [0.717, 1.165) is 11.5 Å². The summed E-state index contributed by atoms with van der Waals surface area (Å²) in [5, 5.41) is 25.4. The van der Waals surface area contributed by atoms with Crippen LogP contribution in [0.25, 0.3) is 10.8 Å². The highest BCUT2D eigenvalue weighted by Gasteiger charge is 2.25. The van der Waals surface area contributed by atoms with E-state index in [2.05, 4.69) is 47.7 Å². The second-order valence-corrected chi connectivity index (χ2v) is 17.1. The number of benzene rings is 4. The number of aliphatic hydroxyl groups is 1. The van der Waals surface area contributed by atoms with Gasteiger partial charge in [0.15, 0.2) is 16.2 Å². The summed E-state index contributed by atoms with van der Waals surface area (Å²) >= 11 is 6.09. The summed E-state index contributed by atoms with van der Waals surface area (Å²) in [5.41, 5.74) is 5.26. The third-order valence-electron chi connectivity index (χ3n) is 6.91. The van der Waals surface area contributed by atoms with E-state index in [1.807, 2.05) is 0 Å². The highest BCUT2D eigenvalue weighted by molar-refractivity contribution is 7.94. The topological polar surface area (TPSA) is 343 Å². The van der Waals surface area contributed by atoms with Crippen LogP contribution in [0, 0.1) is 0 Å². The predicted molar refractivity (Wildman–Crippen MR) is 193 cm³/mol. The van der Waals surface area contributed by atoms with E-state index in [1.165, 1.54) is 42.5 Å². The first-order valence-corrected chi connectivity index (χ1v) is 20.5. The van der Waals surface area contributed by atoms with Crippen LogP contribution in [0.1, 0.15) is 0 Å². The van der Waals surface area contributed by atoms with Gasteiger partial charge in [-0.05, 0) is 83.7 Å². The number of aromatic nitrogens is 3. The standard InChI is InChI=1S/C28H24ClN9O12S4/c1-2-51(40,41)17-6-3-15(4-7-17)31-27-34-25(29)35-28(36-27)32-16-5-8-20(21(11-16)33-26(30)39)37-38-22-13-19-14(10-24(22)54(48,49)50)9-18(52(42,43)44)12-23(19)53(45,46)47/h2-13,26,33,39H,1,30H2,(H,42,43,44)(H,45,46,47)(H,48,49,50)(H2,31,32,34,35,36). The fourth-order valence-electron chi connectivity index (χ4n) is 4.59. The molecule has 4 aromatic carbocycles. The lowest BCUT2D eigenvalue weighted by Gasteiger charge is -2.14. The Morgan fingerprint density at radius 3 is 1.83 bits per heavy atom. The molecule has 0 saturated heterocycles. The lowest BCUT2D eigenvalue weighted by atomic mass is 10.1. The summed E-state index contributed by atoms with van der Waals surface area (Å²) in [7, 11) is -19.1. The largest absolute Gasteiger partial charge is 0.361 e. The molecule has 0 aliphatic carbocycles. The van der Waals surface area contributed by atoms with Gasteiger partial charge in [0.2, 0.25) is 17.2 Å². The van der Waals surface area contributed by atoms with Crippen molar-refractivity contribution in [3.63, 3.8) is 0 Å². The molecule has 21 nitrogen and oxygen atoms in total. The minimum Gasteiger partial charge on any atom is -0.361 e. The monoisotopic (exact) mass is 841 g/mol. The van der Waals surface area contributed by atoms with Crippen molar-refractivity contribution in [3.8, 4) is 0 Å². The van der Waals surface area contributed by atoms with Crippen LogP contribution in [0.4, 0.5) is 40.3 Å². The first kappa shape index (κ1) is 40.0. The molecular formula is C28H24ClN9O12S4. The molecule has 9 N–H and O–H groups in total. The van der Waals surface area contributed by atoms with E-state index in [-0.39, 0.29) is 39.1 Å². The molecule has 0 fully saturated rings. The number of hydrogen-bond donors (Lipinski definition) is 8. The molecule has 0 bridgehead atoms. The molecule has 284 valence electrons. The number of sulfone groups is 1. The number of nitrogens with two attached hydrogens (primary N) is 1. The van der Waals surface area contributed by atoms with Gasteiger partial charge in [-0.25, -0.2) is 8.42 Å². The molecule has 0 radical (unpaired) electrons. The second-order valence-electron chi connectivity index (χ2n) is 10.6. The molecule has 0 spiro atoms. The molecule has 0 aliphatic rings. The molecule has 1 heterocycles. The van der Waals surface area contributed by atoms with Crippen LogP contribution in [0.15, 0.2) is 109 Å². The first-order chi connectivity index (χ1) is 25.0. The smallest absolute Gasteiger partial charge is 0.296 e. The zero-order chi connectivity index (χ0) is 39.8. The van der Waals surface area contributed by atoms with E-state index in [0.29, 0.717) is 23.9 Å². The maximum absolute atomic E-state index is 12.3. The molecule has 1 aromatic heterocycles. The molecule has 5 rings (SSSR count). The van der Waals surface area contributed by atoms with Crippen molar-refractivity contribution in [2.24, 2.45) is 16.0 Å². The van der Waals surface area contributed by atoms with Crippen molar-refractivity contribution in [3.05, 3.63) is 84.0 Å². The number of halogens is 1. The van der Waals surface area contributed by atoms with Crippen LogP contribution in [0.2, 0.25) is 5.28 Å². The number of hydrogen-bond acceptors (Lipinski definition) is 18. The molecule has 5 aromatic rings. The number of anilines is 5. The third kappa shape index (κ3) is 9.46. The Kier molecular flexibility index (Phi) is 11.0. The molecule has 54 heavy (non-hydrogen) atoms. The maximum atomic E-state index is 12.3. The van der Waals surface area contributed by atoms with Gasteiger partial charge in [-0.2, -0.15) is 40.2 Å². The van der Waals surface area contributed by atoms with Gasteiger partial charge >= 0.3 is 0 Å². The van der Waals surface area contributed by atoms with Gasteiger partial charge in [-0.15, -0.1) is 10.2 Å². The van der Waals surface area contributed by atoms with Crippen molar-refractivity contribution >= 4 is 103 Å². The Balaban J connectivity index is 1.51. The average Bonchev–Trinajstić information content (AvgIpc) is 3.05. The number of fused-ring (bicyclic) bond motifs is 1. The Hall–Kier alpha value is -5.22. The van der Waals surface area contributed by atoms with Crippen LogP contribution < -0.4 is 21.7 Å². The molecule has 0 aliphatic heterocycles. The molecule has 1 unspecified atom stereocenters. The van der Waals surface area contributed by atoms with Crippen molar-refractivity contribution in [1.29, 1.82) is 0 Å². The van der Waals surface area contributed by atoms with E-state index in [4.69, 9.17) is 17.3 Å². The number of rotatable bonds is 13. The van der Waals surface area contributed by atoms with Crippen molar-refractivity contribution in [2.75, 3.05) is 16.0 Å². The van der Waals surface area contributed by atoms with E-state index >= 15 is 0 Å². The highest BCUT2D eigenvalue weighted by atomic mass is 35.5. The Labute approximate surface area is 310 Å². The lowest BCUT2D eigenvalue weighted by molar-refractivity contribution is 0.212. The van der Waals surface area contributed by atoms with Gasteiger partial charge in [-0.3, -0.25) is 19.4 Å². The number of nitrogens with zero attached hydrogens (tertiary/aromatic N) is 5.